The van der Waals surface area contributed by atoms with Gasteiger partial charge in [-0.25, -0.2) is 4.98 Å². The lowest BCUT2D eigenvalue weighted by atomic mass is 10.1. The van der Waals surface area contributed by atoms with E-state index in [1.54, 1.807) is 0 Å². The SMILES string of the molecule is CC(C)COC(CN1CCN(c2ccccn2)CC1)c1ccccc1. The van der Waals surface area contributed by atoms with E-state index < -0.39 is 0 Å². The van der Waals surface area contributed by atoms with Crippen LogP contribution in [-0.2, 0) is 4.74 Å². The highest BCUT2D eigenvalue weighted by molar-refractivity contribution is 5.38. The molecule has 2 aromatic rings. The normalized spacial score (nSPS) is 17.0. The molecule has 0 spiro atoms. The molecule has 1 fully saturated rings. The Hall–Kier alpha value is -1.91. The monoisotopic (exact) mass is 339 g/mol. The minimum atomic E-state index is 0.144. The zero-order valence-corrected chi connectivity index (χ0v) is 15.3. The molecule has 134 valence electrons. The summed E-state index contributed by atoms with van der Waals surface area (Å²) in [5.74, 6) is 1.63. The molecule has 2 heterocycles. The van der Waals surface area contributed by atoms with Crippen LogP contribution < -0.4 is 4.90 Å². The van der Waals surface area contributed by atoms with Gasteiger partial charge < -0.3 is 9.64 Å². The lowest BCUT2D eigenvalue weighted by Gasteiger charge is -2.37. The van der Waals surface area contributed by atoms with Crippen molar-refractivity contribution in [2.24, 2.45) is 5.92 Å². The maximum atomic E-state index is 6.24. The number of piperazine rings is 1. The minimum absolute atomic E-state index is 0.144. The van der Waals surface area contributed by atoms with Gasteiger partial charge in [0.2, 0.25) is 0 Å². The Balaban J connectivity index is 1.57. The first-order chi connectivity index (χ1) is 12.2. The van der Waals surface area contributed by atoms with E-state index in [1.807, 2.05) is 12.3 Å². The van der Waals surface area contributed by atoms with Crippen LogP contribution in [0.4, 0.5) is 5.82 Å². The van der Waals surface area contributed by atoms with Gasteiger partial charge in [0.05, 0.1) is 6.10 Å². The molecule has 25 heavy (non-hydrogen) atoms. The zero-order chi connectivity index (χ0) is 17.5. The number of pyridine rings is 1. The van der Waals surface area contributed by atoms with Crippen LogP contribution in [0.25, 0.3) is 0 Å². The molecule has 0 radical (unpaired) electrons. The molecule has 1 aromatic carbocycles. The van der Waals surface area contributed by atoms with Gasteiger partial charge in [-0.3, -0.25) is 4.90 Å². The third kappa shape index (κ3) is 5.28. The molecule has 1 aliphatic heterocycles. The summed E-state index contributed by atoms with van der Waals surface area (Å²) in [7, 11) is 0. The molecule has 1 atom stereocenters. The minimum Gasteiger partial charge on any atom is -0.372 e. The van der Waals surface area contributed by atoms with E-state index in [0.717, 1.165) is 45.1 Å². The van der Waals surface area contributed by atoms with Crippen LogP contribution in [0.1, 0.15) is 25.5 Å². The van der Waals surface area contributed by atoms with Gasteiger partial charge in [0, 0.05) is 45.5 Å². The van der Waals surface area contributed by atoms with Gasteiger partial charge in [0.1, 0.15) is 5.82 Å². The smallest absolute Gasteiger partial charge is 0.128 e. The summed E-state index contributed by atoms with van der Waals surface area (Å²) >= 11 is 0. The number of rotatable bonds is 7. The highest BCUT2D eigenvalue weighted by atomic mass is 16.5. The number of hydrogen-bond donors (Lipinski definition) is 0. The van der Waals surface area contributed by atoms with Crippen molar-refractivity contribution in [1.82, 2.24) is 9.88 Å². The first-order valence-corrected chi connectivity index (χ1v) is 9.27. The molecule has 4 nitrogen and oxygen atoms in total. The fourth-order valence-electron chi connectivity index (χ4n) is 3.17. The Morgan fingerprint density at radius 2 is 1.68 bits per heavy atom. The number of anilines is 1. The fourth-order valence-corrected chi connectivity index (χ4v) is 3.17. The van der Waals surface area contributed by atoms with E-state index in [1.165, 1.54) is 5.56 Å². The van der Waals surface area contributed by atoms with Gasteiger partial charge in [-0.15, -0.1) is 0 Å². The number of aromatic nitrogens is 1. The number of benzene rings is 1. The number of ether oxygens (including phenoxy) is 1. The molecule has 3 rings (SSSR count). The van der Waals surface area contributed by atoms with Gasteiger partial charge in [-0.1, -0.05) is 50.2 Å². The second-order valence-corrected chi connectivity index (χ2v) is 7.10. The van der Waals surface area contributed by atoms with E-state index >= 15 is 0 Å². The average Bonchev–Trinajstić information content (AvgIpc) is 2.67. The Kier molecular flexibility index (Phi) is 6.42. The van der Waals surface area contributed by atoms with Crippen LogP contribution in [0, 0.1) is 5.92 Å². The molecule has 1 aromatic heterocycles. The van der Waals surface area contributed by atoms with Crippen LogP contribution >= 0.6 is 0 Å². The molecular formula is C21H29N3O. The maximum Gasteiger partial charge on any atom is 0.128 e. The van der Waals surface area contributed by atoms with Gasteiger partial charge in [-0.2, -0.15) is 0 Å². The van der Waals surface area contributed by atoms with Crippen molar-refractivity contribution < 1.29 is 4.74 Å². The van der Waals surface area contributed by atoms with Crippen molar-refractivity contribution in [1.29, 1.82) is 0 Å². The molecule has 1 aliphatic rings. The lowest BCUT2D eigenvalue weighted by molar-refractivity contribution is 0.00982. The van der Waals surface area contributed by atoms with Crippen molar-refractivity contribution in [3.63, 3.8) is 0 Å². The number of nitrogens with zero attached hydrogens (tertiary/aromatic N) is 3. The largest absolute Gasteiger partial charge is 0.372 e. The van der Waals surface area contributed by atoms with Gasteiger partial charge in [0.15, 0.2) is 0 Å². The van der Waals surface area contributed by atoms with E-state index in [9.17, 15) is 0 Å². The highest BCUT2D eigenvalue weighted by Crippen LogP contribution is 2.21. The van der Waals surface area contributed by atoms with Crippen LogP contribution in [-0.4, -0.2) is 49.2 Å². The predicted octanol–water partition coefficient (Wildman–Crippen LogP) is 3.62. The summed E-state index contributed by atoms with van der Waals surface area (Å²) in [4.78, 5) is 9.34. The Labute approximate surface area is 151 Å². The molecule has 0 saturated carbocycles. The highest BCUT2D eigenvalue weighted by Gasteiger charge is 2.22. The first kappa shape index (κ1) is 17.9. The van der Waals surface area contributed by atoms with Crippen LogP contribution in [0.2, 0.25) is 0 Å². The predicted molar refractivity (Wildman–Crippen MR) is 103 cm³/mol. The maximum absolute atomic E-state index is 6.24. The van der Waals surface area contributed by atoms with Gasteiger partial charge >= 0.3 is 0 Å². The molecule has 4 heteroatoms. The standard InChI is InChI=1S/C21H29N3O/c1-18(2)17-25-20(19-8-4-3-5-9-19)16-23-12-14-24(15-13-23)21-10-6-7-11-22-21/h3-11,18,20H,12-17H2,1-2H3. The van der Waals surface area contributed by atoms with Gasteiger partial charge in [0.25, 0.3) is 0 Å². The van der Waals surface area contributed by atoms with E-state index in [4.69, 9.17) is 4.74 Å². The second-order valence-electron chi connectivity index (χ2n) is 7.10. The van der Waals surface area contributed by atoms with Crippen molar-refractivity contribution in [3.8, 4) is 0 Å². The number of hydrogen-bond acceptors (Lipinski definition) is 4. The van der Waals surface area contributed by atoms with Crippen LogP contribution in [0.15, 0.2) is 54.7 Å². The van der Waals surface area contributed by atoms with Crippen LogP contribution in [0.5, 0.6) is 0 Å². The summed E-state index contributed by atoms with van der Waals surface area (Å²) < 4.78 is 6.24. The van der Waals surface area contributed by atoms with Crippen LogP contribution in [0.3, 0.4) is 0 Å². The molecule has 0 amide bonds. The van der Waals surface area contributed by atoms with Crippen molar-refractivity contribution in [2.45, 2.75) is 20.0 Å². The topological polar surface area (TPSA) is 28.6 Å². The lowest BCUT2D eigenvalue weighted by Crippen LogP contribution is -2.48. The quantitative estimate of drug-likeness (QED) is 0.770. The first-order valence-electron chi connectivity index (χ1n) is 9.27. The Morgan fingerprint density at radius 3 is 2.32 bits per heavy atom. The van der Waals surface area contributed by atoms with Gasteiger partial charge in [-0.05, 0) is 23.6 Å². The molecule has 0 bridgehead atoms. The summed E-state index contributed by atoms with van der Waals surface area (Å²) in [6, 6.07) is 16.7. The zero-order valence-electron chi connectivity index (χ0n) is 15.3. The molecule has 1 saturated heterocycles. The molecule has 1 unspecified atom stereocenters. The molecule has 0 N–H and O–H groups in total. The Bertz CT molecular complexity index is 610. The third-order valence-corrected chi connectivity index (χ3v) is 4.57. The summed E-state index contributed by atoms with van der Waals surface area (Å²) in [6.45, 7) is 10.3. The van der Waals surface area contributed by atoms with Crippen molar-refractivity contribution in [2.75, 3.05) is 44.2 Å². The third-order valence-electron chi connectivity index (χ3n) is 4.57. The van der Waals surface area contributed by atoms with E-state index in [-0.39, 0.29) is 6.10 Å². The van der Waals surface area contributed by atoms with E-state index in [2.05, 4.69) is 71.1 Å². The van der Waals surface area contributed by atoms with Crippen molar-refractivity contribution in [3.05, 3.63) is 60.3 Å². The summed E-state index contributed by atoms with van der Waals surface area (Å²) in [6.07, 6.45) is 2.01. The second kappa shape index (κ2) is 8.97. The summed E-state index contributed by atoms with van der Waals surface area (Å²) in [5.41, 5.74) is 1.27. The van der Waals surface area contributed by atoms with Crippen molar-refractivity contribution >= 4 is 5.82 Å². The average molecular weight is 339 g/mol. The fraction of sp³-hybridized carbons (Fsp3) is 0.476. The molecule has 0 aliphatic carbocycles. The molecular weight excluding hydrogens is 310 g/mol. The Morgan fingerprint density at radius 1 is 0.960 bits per heavy atom. The van der Waals surface area contributed by atoms with E-state index in [0.29, 0.717) is 5.92 Å². The summed E-state index contributed by atoms with van der Waals surface area (Å²) in [5, 5.41) is 0.